The van der Waals surface area contributed by atoms with Crippen molar-refractivity contribution >= 4 is 11.6 Å². The van der Waals surface area contributed by atoms with Crippen LogP contribution in [0.25, 0.3) is 0 Å². The van der Waals surface area contributed by atoms with Crippen LogP contribution >= 0.6 is 0 Å². The second-order valence-electron chi connectivity index (χ2n) is 8.81. The molecule has 5 nitrogen and oxygen atoms in total. The van der Waals surface area contributed by atoms with Crippen LogP contribution in [-0.2, 0) is 9.53 Å². The van der Waals surface area contributed by atoms with Gasteiger partial charge in [0.2, 0.25) is 5.91 Å². The molecule has 3 rings (SSSR count). The number of carbonyl (C=O) groups is 1. The largest absolute Gasteiger partial charge is 0.372 e. The normalized spacial score (nSPS) is 23.2. The number of hydrogen-bond donors (Lipinski definition) is 1. The third kappa shape index (κ3) is 6.71. The van der Waals surface area contributed by atoms with Crippen LogP contribution in [0.2, 0.25) is 0 Å². The second kappa shape index (κ2) is 11.0. The molecule has 1 amide bonds. The van der Waals surface area contributed by atoms with Crippen molar-refractivity contribution in [3.05, 3.63) is 29.3 Å². The zero-order valence-electron chi connectivity index (χ0n) is 18.6. The molecular formula is C24H39N3O2. The molecule has 162 valence electrons. The van der Waals surface area contributed by atoms with Crippen molar-refractivity contribution in [1.82, 2.24) is 10.2 Å². The van der Waals surface area contributed by atoms with Crippen LogP contribution in [0.1, 0.15) is 50.2 Å². The van der Waals surface area contributed by atoms with Crippen LogP contribution in [0.4, 0.5) is 5.69 Å². The summed E-state index contributed by atoms with van der Waals surface area (Å²) in [6, 6.07) is 7.19. The fourth-order valence-electron chi connectivity index (χ4n) is 4.58. The highest BCUT2D eigenvalue weighted by Gasteiger charge is 2.24. The van der Waals surface area contributed by atoms with Crippen molar-refractivity contribution in [3.63, 3.8) is 0 Å². The molecule has 2 aliphatic rings. The van der Waals surface area contributed by atoms with Crippen molar-refractivity contribution in [2.45, 2.75) is 58.9 Å². The van der Waals surface area contributed by atoms with Crippen LogP contribution in [0.3, 0.4) is 0 Å². The lowest BCUT2D eigenvalue weighted by Crippen LogP contribution is -2.47. The summed E-state index contributed by atoms with van der Waals surface area (Å²) in [5.41, 5.74) is 4.13. The lowest BCUT2D eigenvalue weighted by atomic mass is 9.84. The van der Waals surface area contributed by atoms with Crippen molar-refractivity contribution in [2.24, 2.45) is 5.92 Å². The van der Waals surface area contributed by atoms with Gasteiger partial charge in [-0.05, 0) is 88.6 Å². The van der Waals surface area contributed by atoms with Gasteiger partial charge in [-0.25, -0.2) is 0 Å². The Labute approximate surface area is 176 Å². The summed E-state index contributed by atoms with van der Waals surface area (Å²) in [5.74, 6) is 0.852. The predicted molar refractivity (Wildman–Crippen MR) is 120 cm³/mol. The summed E-state index contributed by atoms with van der Waals surface area (Å²) >= 11 is 0. The Morgan fingerprint density at radius 3 is 2.45 bits per heavy atom. The molecule has 1 saturated heterocycles. The first-order valence-corrected chi connectivity index (χ1v) is 11.5. The van der Waals surface area contributed by atoms with Crippen molar-refractivity contribution in [2.75, 3.05) is 50.8 Å². The molecule has 0 atom stereocenters. The van der Waals surface area contributed by atoms with Crippen LogP contribution in [0.5, 0.6) is 0 Å². The van der Waals surface area contributed by atoms with Gasteiger partial charge >= 0.3 is 0 Å². The number of benzene rings is 1. The molecule has 1 aromatic carbocycles. The first kappa shape index (κ1) is 22.1. The minimum absolute atomic E-state index is 0.0388. The van der Waals surface area contributed by atoms with E-state index in [2.05, 4.69) is 47.2 Å². The molecule has 1 saturated carbocycles. The maximum absolute atomic E-state index is 11.8. The van der Waals surface area contributed by atoms with Gasteiger partial charge in [-0.1, -0.05) is 6.07 Å². The Kier molecular flexibility index (Phi) is 8.37. The zero-order valence-corrected chi connectivity index (χ0v) is 18.6. The molecule has 0 bridgehead atoms. The Bertz CT molecular complexity index is 648. The van der Waals surface area contributed by atoms with Gasteiger partial charge in [0.05, 0.1) is 0 Å². The molecule has 1 aromatic rings. The van der Waals surface area contributed by atoms with E-state index >= 15 is 0 Å². The van der Waals surface area contributed by atoms with E-state index in [0.29, 0.717) is 12.6 Å². The molecule has 1 N–H and O–H groups in total. The monoisotopic (exact) mass is 401 g/mol. The average molecular weight is 402 g/mol. The van der Waals surface area contributed by atoms with E-state index in [-0.39, 0.29) is 12.5 Å². The van der Waals surface area contributed by atoms with Gasteiger partial charge in [-0.2, -0.15) is 0 Å². The average Bonchev–Trinajstić information content (AvgIpc) is 2.74. The van der Waals surface area contributed by atoms with Gasteiger partial charge in [0.1, 0.15) is 6.61 Å². The predicted octanol–water partition coefficient (Wildman–Crippen LogP) is 3.53. The highest BCUT2D eigenvalue weighted by molar-refractivity contribution is 5.77. The molecule has 5 heteroatoms. The standard InChI is InChI=1S/C24H39N3O2/c1-4-29-18-24(28)25-22-8-6-21(7-9-22)11-12-26-13-15-27(16-14-26)23-10-5-19(2)20(3)17-23/h5,10,17,21-22H,4,6-9,11-16,18H2,1-3H3,(H,25,28)/t21-,22-. The number of ether oxygens (including phenoxy) is 1. The molecule has 29 heavy (non-hydrogen) atoms. The Morgan fingerprint density at radius 1 is 1.07 bits per heavy atom. The van der Waals surface area contributed by atoms with Gasteiger partial charge < -0.3 is 15.0 Å². The number of nitrogens with zero attached hydrogens (tertiary/aromatic N) is 2. The smallest absolute Gasteiger partial charge is 0.246 e. The summed E-state index contributed by atoms with van der Waals surface area (Å²) in [5, 5.41) is 3.13. The van der Waals surface area contributed by atoms with Gasteiger partial charge in [0.25, 0.3) is 0 Å². The van der Waals surface area contributed by atoms with Crippen molar-refractivity contribution in [3.8, 4) is 0 Å². The minimum Gasteiger partial charge on any atom is -0.372 e. The zero-order chi connectivity index (χ0) is 20.6. The maximum atomic E-state index is 11.8. The molecular weight excluding hydrogens is 362 g/mol. The number of piperazine rings is 1. The molecule has 1 aliphatic carbocycles. The van der Waals surface area contributed by atoms with Crippen LogP contribution in [0.15, 0.2) is 18.2 Å². The highest BCUT2D eigenvalue weighted by Crippen LogP contribution is 2.27. The van der Waals surface area contributed by atoms with E-state index in [9.17, 15) is 4.79 Å². The topological polar surface area (TPSA) is 44.8 Å². The number of anilines is 1. The molecule has 0 aromatic heterocycles. The summed E-state index contributed by atoms with van der Waals surface area (Å²) in [4.78, 5) is 17.0. The first-order chi connectivity index (χ1) is 14.0. The Morgan fingerprint density at radius 2 is 1.79 bits per heavy atom. The molecule has 1 aliphatic heterocycles. The van der Waals surface area contributed by atoms with Crippen molar-refractivity contribution < 1.29 is 9.53 Å². The van der Waals surface area contributed by atoms with Crippen LogP contribution in [0, 0.1) is 19.8 Å². The lowest BCUT2D eigenvalue weighted by molar-refractivity contribution is -0.126. The van der Waals surface area contributed by atoms with E-state index in [1.807, 2.05) is 6.92 Å². The summed E-state index contributed by atoms with van der Waals surface area (Å²) in [6.45, 7) is 12.9. The quantitative estimate of drug-likeness (QED) is 0.724. The van der Waals surface area contributed by atoms with E-state index in [1.54, 1.807) is 0 Å². The Balaban J connectivity index is 1.32. The fourth-order valence-corrected chi connectivity index (χ4v) is 4.58. The molecule has 2 fully saturated rings. The number of rotatable bonds is 8. The van der Waals surface area contributed by atoms with E-state index < -0.39 is 0 Å². The van der Waals surface area contributed by atoms with Gasteiger partial charge in [-0.3, -0.25) is 9.69 Å². The van der Waals surface area contributed by atoms with Gasteiger partial charge in [-0.15, -0.1) is 0 Å². The van der Waals surface area contributed by atoms with Gasteiger partial charge in [0, 0.05) is 44.5 Å². The highest BCUT2D eigenvalue weighted by atomic mass is 16.5. The lowest BCUT2D eigenvalue weighted by Gasteiger charge is -2.37. The maximum Gasteiger partial charge on any atom is 0.246 e. The second-order valence-corrected chi connectivity index (χ2v) is 8.81. The molecule has 0 spiro atoms. The van der Waals surface area contributed by atoms with E-state index in [4.69, 9.17) is 4.74 Å². The van der Waals surface area contributed by atoms with E-state index in [1.165, 1.54) is 42.6 Å². The van der Waals surface area contributed by atoms with Gasteiger partial charge in [0.15, 0.2) is 0 Å². The third-order valence-corrected chi connectivity index (χ3v) is 6.73. The molecule has 0 unspecified atom stereocenters. The summed E-state index contributed by atoms with van der Waals surface area (Å²) in [7, 11) is 0. The Hall–Kier alpha value is -1.59. The first-order valence-electron chi connectivity index (χ1n) is 11.5. The fraction of sp³-hybridized carbons (Fsp3) is 0.708. The number of nitrogens with one attached hydrogen (secondary N) is 1. The summed E-state index contributed by atoms with van der Waals surface area (Å²) in [6.07, 6.45) is 6.00. The van der Waals surface area contributed by atoms with E-state index in [0.717, 1.165) is 44.9 Å². The number of amides is 1. The minimum atomic E-state index is 0.0388. The SMILES string of the molecule is CCOCC(=O)N[C@H]1CC[C@H](CCN2CCN(c3ccc(C)c(C)c3)CC2)CC1. The summed E-state index contributed by atoms with van der Waals surface area (Å²) < 4.78 is 5.19. The molecule has 1 heterocycles. The number of hydrogen-bond acceptors (Lipinski definition) is 4. The number of aryl methyl sites for hydroxylation is 2. The third-order valence-electron chi connectivity index (χ3n) is 6.73. The molecule has 0 radical (unpaired) electrons. The number of carbonyl (C=O) groups excluding carboxylic acids is 1. The van der Waals surface area contributed by atoms with Crippen LogP contribution < -0.4 is 10.2 Å². The van der Waals surface area contributed by atoms with Crippen molar-refractivity contribution in [1.29, 1.82) is 0 Å². The van der Waals surface area contributed by atoms with Crippen LogP contribution in [-0.4, -0.2) is 62.8 Å².